The molecular weight excluding hydrogens is 356 g/mol. The number of ether oxygens (including phenoxy) is 1. The molecular formula is C19H17ClN2O2S. The molecule has 0 unspecified atom stereocenters. The van der Waals surface area contributed by atoms with E-state index in [9.17, 15) is 4.79 Å². The number of aromatic nitrogens is 1. The molecule has 0 radical (unpaired) electrons. The number of nitrogens with zero attached hydrogens (tertiary/aromatic N) is 1. The van der Waals surface area contributed by atoms with Crippen molar-refractivity contribution in [3.05, 3.63) is 59.2 Å². The molecule has 0 atom stereocenters. The molecule has 0 saturated carbocycles. The molecule has 6 heteroatoms. The number of aryl methyl sites for hydroxylation is 1. The van der Waals surface area contributed by atoms with Gasteiger partial charge in [-0.05, 0) is 30.7 Å². The number of anilines is 1. The van der Waals surface area contributed by atoms with Crippen LogP contribution in [-0.4, -0.2) is 23.8 Å². The molecule has 0 spiro atoms. The minimum absolute atomic E-state index is 0.113. The van der Waals surface area contributed by atoms with Crippen molar-refractivity contribution in [2.45, 2.75) is 11.8 Å². The number of methoxy groups -OCH3 is 1. The van der Waals surface area contributed by atoms with Crippen LogP contribution in [0, 0.1) is 6.92 Å². The summed E-state index contributed by atoms with van der Waals surface area (Å²) in [5.41, 5.74) is 2.40. The van der Waals surface area contributed by atoms with E-state index >= 15 is 0 Å². The first kappa shape index (κ1) is 17.6. The highest BCUT2D eigenvalue weighted by Gasteiger charge is 2.11. The number of pyridine rings is 1. The van der Waals surface area contributed by atoms with Gasteiger partial charge in [-0.25, -0.2) is 0 Å². The van der Waals surface area contributed by atoms with E-state index < -0.39 is 0 Å². The highest BCUT2D eigenvalue weighted by molar-refractivity contribution is 8.00. The van der Waals surface area contributed by atoms with Gasteiger partial charge in [-0.2, -0.15) is 0 Å². The minimum atomic E-state index is -0.113. The normalized spacial score (nSPS) is 10.7. The molecule has 3 aromatic rings. The number of hydrogen-bond donors (Lipinski definition) is 1. The van der Waals surface area contributed by atoms with Gasteiger partial charge in [0.2, 0.25) is 5.91 Å². The molecule has 0 saturated heterocycles. The summed E-state index contributed by atoms with van der Waals surface area (Å²) in [6.45, 7) is 1.88. The molecule has 0 bridgehead atoms. The molecule has 0 aliphatic rings. The van der Waals surface area contributed by atoms with Gasteiger partial charge < -0.3 is 10.1 Å². The zero-order valence-corrected chi connectivity index (χ0v) is 15.4. The molecule has 0 aliphatic heterocycles. The third-order valence-electron chi connectivity index (χ3n) is 3.71. The van der Waals surface area contributed by atoms with E-state index in [1.165, 1.54) is 11.8 Å². The maximum absolute atomic E-state index is 12.3. The first-order valence-electron chi connectivity index (χ1n) is 7.69. The third kappa shape index (κ3) is 4.06. The van der Waals surface area contributed by atoms with Gasteiger partial charge in [-0.3, -0.25) is 9.78 Å². The fourth-order valence-corrected chi connectivity index (χ4v) is 3.45. The van der Waals surface area contributed by atoms with E-state index in [2.05, 4.69) is 10.3 Å². The fourth-order valence-electron chi connectivity index (χ4n) is 2.45. The number of halogens is 1. The number of rotatable bonds is 5. The van der Waals surface area contributed by atoms with E-state index in [1.54, 1.807) is 19.4 Å². The highest BCUT2D eigenvalue weighted by Crippen LogP contribution is 2.31. The quantitative estimate of drug-likeness (QED) is 0.645. The average molecular weight is 373 g/mol. The van der Waals surface area contributed by atoms with Crippen LogP contribution in [0.1, 0.15) is 5.56 Å². The summed E-state index contributed by atoms with van der Waals surface area (Å²) in [5, 5.41) is 4.55. The van der Waals surface area contributed by atoms with Crippen LogP contribution in [0.4, 0.5) is 5.69 Å². The smallest absolute Gasteiger partial charge is 0.234 e. The summed E-state index contributed by atoms with van der Waals surface area (Å²) < 4.78 is 5.29. The second-order valence-corrected chi connectivity index (χ2v) is 6.89. The van der Waals surface area contributed by atoms with Crippen LogP contribution in [0.15, 0.2) is 53.6 Å². The van der Waals surface area contributed by atoms with E-state index in [0.717, 1.165) is 21.4 Å². The summed E-state index contributed by atoms with van der Waals surface area (Å²) in [5.74, 6) is 0.708. The topological polar surface area (TPSA) is 51.2 Å². The van der Waals surface area contributed by atoms with E-state index in [1.807, 2.05) is 43.3 Å². The van der Waals surface area contributed by atoms with Crippen LogP contribution >= 0.6 is 23.4 Å². The predicted octanol–water partition coefficient (Wildman–Crippen LogP) is 4.94. The van der Waals surface area contributed by atoms with Gasteiger partial charge >= 0.3 is 0 Å². The number of para-hydroxylation sites is 1. The van der Waals surface area contributed by atoms with Crippen molar-refractivity contribution in [1.82, 2.24) is 4.98 Å². The Kier molecular flexibility index (Phi) is 5.46. The summed E-state index contributed by atoms with van der Waals surface area (Å²) in [6.07, 6.45) is 1.76. The number of fused-ring (bicyclic) bond motifs is 1. The van der Waals surface area contributed by atoms with Crippen molar-refractivity contribution in [2.24, 2.45) is 0 Å². The number of carbonyl (C=O) groups is 1. The van der Waals surface area contributed by atoms with Crippen molar-refractivity contribution >= 4 is 45.9 Å². The maximum atomic E-state index is 12.3. The molecule has 3 rings (SSSR count). The van der Waals surface area contributed by atoms with Crippen LogP contribution in [-0.2, 0) is 4.79 Å². The predicted molar refractivity (Wildman–Crippen MR) is 104 cm³/mol. The van der Waals surface area contributed by atoms with Crippen LogP contribution < -0.4 is 10.1 Å². The van der Waals surface area contributed by atoms with Crippen molar-refractivity contribution in [2.75, 3.05) is 18.2 Å². The largest absolute Gasteiger partial charge is 0.495 e. The number of benzene rings is 2. The van der Waals surface area contributed by atoms with Gasteiger partial charge in [0, 0.05) is 27.6 Å². The van der Waals surface area contributed by atoms with E-state index in [-0.39, 0.29) is 11.7 Å². The fraction of sp³-hybridized carbons (Fsp3) is 0.158. The lowest BCUT2D eigenvalue weighted by atomic mass is 10.2. The first-order chi connectivity index (χ1) is 12.1. The lowest BCUT2D eigenvalue weighted by Crippen LogP contribution is -2.15. The van der Waals surface area contributed by atoms with Crippen molar-refractivity contribution in [1.29, 1.82) is 0 Å². The molecule has 1 amide bonds. The number of carbonyl (C=O) groups excluding carboxylic acids is 1. The second-order valence-electron chi connectivity index (χ2n) is 5.47. The number of nitrogens with one attached hydrogen (secondary N) is 1. The van der Waals surface area contributed by atoms with Gasteiger partial charge in [0.05, 0.1) is 24.1 Å². The van der Waals surface area contributed by atoms with Crippen LogP contribution in [0.2, 0.25) is 5.02 Å². The standard InChI is InChI=1S/C19H17ClN2O2S/c1-12-9-15(16(24-2)10-14(12)20)22-18(23)11-25-17-7-3-5-13-6-4-8-21-19(13)17/h3-10H,11H2,1-2H3,(H,22,23). The van der Waals surface area contributed by atoms with E-state index in [0.29, 0.717) is 16.5 Å². The van der Waals surface area contributed by atoms with Gasteiger partial charge in [0.1, 0.15) is 5.75 Å². The minimum Gasteiger partial charge on any atom is -0.495 e. The van der Waals surface area contributed by atoms with Crippen LogP contribution in [0.5, 0.6) is 5.75 Å². The van der Waals surface area contributed by atoms with Gasteiger partial charge in [-0.1, -0.05) is 29.8 Å². The average Bonchev–Trinajstić information content (AvgIpc) is 2.62. The van der Waals surface area contributed by atoms with E-state index in [4.69, 9.17) is 16.3 Å². The summed E-state index contributed by atoms with van der Waals surface area (Å²) in [6, 6.07) is 13.4. The Balaban J connectivity index is 1.72. The monoisotopic (exact) mass is 372 g/mol. The number of thioether (sulfide) groups is 1. The summed E-state index contributed by atoms with van der Waals surface area (Å²) >= 11 is 7.55. The zero-order chi connectivity index (χ0) is 17.8. The maximum Gasteiger partial charge on any atom is 0.234 e. The van der Waals surface area contributed by atoms with Crippen LogP contribution in [0.3, 0.4) is 0 Å². The van der Waals surface area contributed by atoms with Crippen molar-refractivity contribution < 1.29 is 9.53 Å². The molecule has 0 aliphatic carbocycles. The molecule has 128 valence electrons. The zero-order valence-electron chi connectivity index (χ0n) is 13.9. The Morgan fingerprint density at radius 2 is 2.08 bits per heavy atom. The molecule has 2 aromatic carbocycles. The Hall–Kier alpha value is -2.24. The SMILES string of the molecule is COc1cc(Cl)c(C)cc1NC(=O)CSc1cccc2cccnc12. The molecule has 1 aromatic heterocycles. The Morgan fingerprint density at radius 1 is 1.28 bits per heavy atom. The molecule has 0 fully saturated rings. The molecule has 1 heterocycles. The second kappa shape index (κ2) is 7.76. The third-order valence-corrected chi connectivity index (χ3v) is 5.16. The summed E-state index contributed by atoms with van der Waals surface area (Å²) in [4.78, 5) is 17.7. The number of hydrogen-bond acceptors (Lipinski definition) is 4. The molecule has 25 heavy (non-hydrogen) atoms. The van der Waals surface area contributed by atoms with Gasteiger partial charge in [0.25, 0.3) is 0 Å². The number of amides is 1. The van der Waals surface area contributed by atoms with Crippen LogP contribution in [0.25, 0.3) is 10.9 Å². The van der Waals surface area contributed by atoms with Gasteiger partial charge in [0.15, 0.2) is 0 Å². The molecule has 1 N–H and O–H groups in total. The van der Waals surface area contributed by atoms with Gasteiger partial charge in [-0.15, -0.1) is 11.8 Å². The first-order valence-corrected chi connectivity index (χ1v) is 9.05. The lowest BCUT2D eigenvalue weighted by molar-refractivity contribution is -0.113. The van der Waals surface area contributed by atoms with Crippen molar-refractivity contribution in [3.63, 3.8) is 0 Å². The van der Waals surface area contributed by atoms with Crippen molar-refractivity contribution in [3.8, 4) is 5.75 Å². The lowest BCUT2D eigenvalue weighted by Gasteiger charge is -2.12. The Morgan fingerprint density at radius 3 is 2.88 bits per heavy atom. The Bertz CT molecular complexity index is 925. The molecule has 4 nitrogen and oxygen atoms in total. The Labute approximate surface area is 155 Å². The highest BCUT2D eigenvalue weighted by atomic mass is 35.5. The summed E-state index contributed by atoms with van der Waals surface area (Å²) in [7, 11) is 1.55.